The van der Waals surface area contributed by atoms with E-state index in [9.17, 15) is 5.11 Å². The fourth-order valence-electron chi connectivity index (χ4n) is 2.91. The number of nitrogens with one attached hydrogen (secondary N) is 1. The number of hydrogen-bond acceptors (Lipinski definition) is 4. The van der Waals surface area contributed by atoms with Gasteiger partial charge >= 0.3 is 0 Å². The first-order valence-corrected chi connectivity index (χ1v) is 8.56. The van der Waals surface area contributed by atoms with Crippen LogP contribution in [0, 0.1) is 0 Å². The Morgan fingerprint density at radius 3 is 2.67 bits per heavy atom. The first-order valence-electron chi connectivity index (χ1n) is 7.68. The molecule has 1 aromatic heterocycles. The Hall–Kier alpha value is -1.23. The second kappa shape index (κ2) is 6.69. The number of rotatable bonds is 5. The molecule has 1 saturated carbocycles. The standard InChI is InChI=1S/C17H22N2OS/c20-17(9-5-2-6-10-17)13-18-11-15-12-21-16(19-15)14-7-3-1-4-8-14/h1,3-4,7-8,12,18,20H,2,5-6,9-11,13H2. The van der Waals surface area contributed by atoms with Gasteiger partial charge in [-0.2, -0.15) is 0 Å². The zero-order valence-electron chi connectivity index (χ0n) is 12.2. The molecule has 4 heteroatoms. The van der Waals surface area contributed by atoms with E-state index in [1.165, 1.54) is 12.0 Å². The molecule has 1 aromatic carbocycles. The minimum absolute atomic E-state index is 0.503. The minimum atomic E-state index is -0.503. The molecule has 3 rings (SSSR count). The third-order valence-electron chi connectivity index (χ3n) is 4.12. The lowest BCUT2D eigenvalue weighted by Gasteiger charge is -2.32. The van der Waals surface area contributed by atoms with Crippen molar-refractivity contribution in [1.82, 2.24) is 10.3 Å². The first kappa shape index (κ1) is 14.7. The Morgan fingerprint density at radius 1 is 1.14 bits per heavy atom. The summed E-state index contributed by atoms with van der Waals surface area (Å²) in [4.78, 5) is 4.66. The number of benzene rings is 1. The predicted molar refractivity (Wildman–Crippen MR) is 87.3 cm³/mol. The summed E-state index contributed by atoms with van der Waals surface area (Å²) in [6.45, 7) is 1.40. The molecule has 112 valence electrons. The molecule has 1 fully saturated rings. The monoisotopic (exact) mass is 302 g/mol. The van der Waals surface area contributed by atoms with Gasteiger partial charge in [-0.1, -0.05) is 49.6 Å². The summed E-state index contributed by atoms with van der Waals surface area (Å²) < 4.78 is 0. The van der Waals surface area contributed by atoms with Crippen molar-refractivity contribution >= 4 is 11.3 Å². The summed E-state index contributed by atoms with van der Waals surface area (Å²) in [5, 5.41) is 17.0. The Balaban J connectivity index is 1.53. The van der Waals surface area contributed by atoms with Crippen LogP contribution in [0.25, 0.3) is 10.6 Å². The molecule has 0 bridgehead atoms. The van der Waals surface area contributed by atoms with Crippen LogP contribution in [0.1, 0.15) is 37.8 Å². The topological polar surface area (TPSA) is 45.1 Å². The highest BCUT2D eigenvalue weighted by Crippen LogP contribution is 2.27. The van der Waals surface area contributed by atoms with Crippen molar-refractivity contribution in [2.24, 2.45) is 0 Å². The van der Waals surface area contributed by atoms with E-state index >= 15 is 0 Å². The summed E-state index contributed by atoms with van der Waals surface area (Å²) in [5.41, 5.74) is 1.72. The Morgan fingerprint density at radius 2 is 1.90 bits per heavy atom. The van der Waals surface area contributed by atoms with Crippen LogP contribution in [0.15, 0.2) is 35.7 Å². The first-order chi connectivity index (χ1) is 10.3. The van der Waals surface area contributed by atoms with Gasteiger partial charge in [0, 0.05) is 24.0 Å². The second-order valence-electron chi connectivity index (χ2n) is 5.90. The van der Waals surface area contributed by atoms with E-state index in [0.29, 0.717) is 6.54 Å². The summed E-state index contributed by atoms with van der Waals surface area (Å²) in [6.07, 6.45) is 5.40. The average Bonchev–Trinajstić information content (AvgIpc) is 2.98. The maximum absolute atomic E-state index is 10.5. The Bertz CT molecular complexity index is 561. The van der Waals surface area contributed by atoms with Gasteiger partial charge in [0.2, 0.25) is 0 Å². The molecule has 2 aromatic rings. The number of aliphatic hydroxyl groups is 1. The van der Waals surface area contributed by atoms with E-state index in [2.05, 4.69) is 27.8 Å². The summed E-state index contributed by atoms with van der Waals surface area (Å²) in [7, 11) is 0. The van der Waals surface area contributed by atoms with Gasteiger partial charge in [0.25, 0.3) is 0 Å². The second-order valence-corrected chi connectivity index (χ2v) is 6.76. The fraction of sp³-hybridized carbons (Fsp3) is 0.471. The molecule has 1 aliphatic carbocycles. The third-order valence-corrected chi connectivity index (χ3v) is 5.06. The Kier molecular flexibility index (Phi) is 4.68. The SMILES string of the molecule is OC1(CNCc2csc(-c3ccccc3)n2)CCCCC1. The molecule has 1 aliphatic rings. The largest absolute Gasteiger partial charge is 0.389 e. The molecule has 0 radical (unpaired) electrons. The van der Waals surface area contributed by atoms with E-state index in [0.717, 1.165) is 42.9 Å². The quantitative estimate of drug-likeness (QED) is 0.887. The highest BCUT2D eigenvalue weighted by molar-refractivity contribution is 7.13. The molecular formula is C17H22N2OS. The van der Waals surface area contributed by atoms with Crippen molar-refractivity contribution in [2.45, 2.75) is 44.2 Å². The van der Waals surface area contributed by atoms with Gasteiger partial charge in [-0.05, 0) is 12.8 Å². The van der Waals surface area contributed by atoms with Crippen LogP contribution in [-0.4, -0.2) is 22.2 Å². The lowest BCUT2D eigenvalue weighted by atomic mass is 9.85. The predicted octanol–water partition coefficient (Wildman–Crippen LogP) is 3.59. The lowest BCUT2D eigenvalue weighted by molar-refractivity contribution is 0.00463. The average molecular weight is 302 g/mol. The smallest absolute Gasteiger partial charge is 0.123 e. The van der Waals surface area contributed by atoms with Crippen molar-refractivity contribution in [3.05, 3.63) is 41.4 Å². The van der Waals surface area contributed by atoms with Crippen molar-refractivity contribution in [3.8, 4) is 10.6 Å². The number of hydrogen-bond donors (Lipinski definition) is 2. The lowest BCUT2D eigenvalue weighted by Crippen LogP contribution is -2.41. The van der Waals surface area contributed by atoms with Crippen LogP contribution in [0.2, 0.25) is 0 Å². The molecule has 1 heterocycles. The van der Waals surface area contributed by atoms with Crippen LogP contribution in [0.5, 0.6) is 0 Å². The maximum atomic E-state index is 10.5. The summed E-state index contributed by atoms with van der Waals surface area (Å²) in [6, 6.07) is 10.3. The highest BCUT2D eigenvalue weighted by Gasteiger charge is 2.28. The maximum Gasteiger partial charge on any atom is 0.123 e. The van der Waals surface area contributed by atoms with Gasteiger partial charge in [-0.3, -0.25) is 0 Å². The van der Waals surface area contributed by atoms with E-state index in [1.807, 2.05) is 18.2 Å². The van der Waals surface area contributed by atoms with Gasteiger partial charge < -0.3 is 10.4 Å². The summed E-state index contributed by atoms with van der Waals surface area (Å²) >= 11 is 1.67. The van der Waals surface area contributed by atoms with Crippen molar-refractivity contribution in [1.29, 1.82) is 0 Å². The van der Waals surface area contributed by atoms with Crippen LogP contribution in [0.4, 0.5) is 0 Å². The zero-order chi connectivity index (χ0) is 14.5. The minimum Gasteiger partial charge on any atom is -0.389 e. The molecule has 0 atom stereocenters. The van der Waals surface area contributed by atoms with Crippen molar-refractivity contribution in [3.63, 3.8) is 0 Å². The highest BCUT2D eigenvalue weighted by atomic mass is 32.1. The molecular weight excluding hydrogens is 280 g/mol. The van der Waals surface area contributed by atoms with Gasteiger partial charge in [0.1, 0.15) is 5.01 Å². The molecule has 3 nitrogen and oxygen atoms in total. The van der Waals surface area contributed by atoms with Crippen molar-refractivity contribution in [2.75, 3.05) is 6.54 Å². The number of aromatic nitrogens is 1. The number of nitrogens with zero attached hydrogens (tertiary/aromatic N) is 1. The molecule has 0 aliphatic heterocycles. The van der Waals surface area contributed by atoms with Crippen molar-refractivity contribution < 1.29 is 5.11 Å². The van der Waals surface area contributed by atoms with Crippen LogP contribution in [0.3, 0.4) is 0 Å². The van der Waals surface area contributed by atoms with E-state index in [-0.39, 0.29) is 0 Å². The van der Waals surface area contributed by atoms with E-state index in [1.54, 1.807) is 11.3 Å². The zero-order valence-corrected chi connectivity index (χ0v) is 13.0. The number of thiazole rings is 1. The van der Waals surface area contributed by atoms with Gasteiger partial charge in [0.05, 0.1) is 11.3 Å². The van der Waals surface area contributed by atoms with Gasteiger partial charge in [-0.15, -0.1) is 11.3 Å². The van der Waals surface area contributed by atoms with Crippen LogP contribution in [-0.2, 0) is 6.54 Å². The van der Waals surface area contributed by atoms with Gasteiger partial charge in [-0.25, -0.2) is 4.98 Å². The molecule has 0 amide bonds. The molecule has 0 spiro atoms. The normalized spacial score (nSPS) is 17.8. The van der Waals surface area contributed by atoms with Gasteiger partial charge in [0.15, 0.2) is 0 Å². The molecule has 21 heavy (non-hydrogen) atoms. The Labute approximate surface area is 130 Å². The third kappa shape index (κ3) is 3.90. The van der Waals surface area contributed by atoms with E-state index in [4.69, 9.17) is 0 Å². The van der Waals surface area contributed by atoms with E-state index < -0.39 is 5.60 Å². The molecule has 2 N–H and O–H groups in total. The fourth-order valence-corrected chi connectivity index (χ4v) is 3.74. The molecule has 0 unspecified atom stereocenters. The molecule has 0 saturated heterocycles. The van der Waals surface area contributed by atoms with Crippen LogP contribution >= 0.6 is 11.3 Å². The summed E-state index contributed by atoms with van der Waals surface area (Å²) in [5.74, 6) is 0. The van der Waals surface area contributed by atoms with Crippen LogP contribution < -0.4 is 5.32 Å².